The van der Waals surface area contributed by atoms with E-state index in [1.165, 1.54) is 10.9 Å². The molecular weight excluding hydrogens is 274 g/mol. The molecular formula is C18H23N3O. The molecule has 4 heteroatoms. The third-order valence-electron chi connectivity index (χ3n) is 4.57. The van der Waals surface area contributed by atoms with Gasteiger partial charge in [0.25, 0.3) is 0 Å². The van der Waals surface area contributed by atoms with Gasteiger partial charge in [-0.2, -0.15) is 0 Å². The molecule has 22 heavy (non-hydrogen) atoms. The van der Waals surface area contributed by atoms with Crippen molar-refractivity contribution in [2.24, 2.45) is 0 Å². The molecule has 0 N–H and O–H groups in total. The molecule has 1 aromatic carbocycles. The number of para-hydroxylation sites is 1. The molecule has 1 fully saturated rings. The van der Waals surface area contributed by atoms with E-state index in [9.17, 15) is 4.79 Å². The van der Waals surface area contributed by atoms with Crippen molar-refractivity contribution in [1.29, 1.82) is 0 Å². The van der Waals surface area contributed by atoms with Crippen LogP contribution in [0.4, 0.5) is 0 Å². The third-order valence-corrected chi connectivity index (χ3v) is 4.57. The minimum atomic E-state index is 0.188. The van der Waals surface area contributed by atoms with Crippen molar-refractivity contribution in [3.05, 3.63) is 42.1 Å². The fraction of sp³-hybridized carbons (Fsp3) is 0.444. The van der Waals surface area contributed by atoms with Gasteiger partial charge in [0.1, 0.15) is 0 Å². The topological polar surface area (TPSA) is 36.4 Å². The Bertz CT molecular complexity index is 655. The molecule has 1 aliphatic rings. The van der Waals surface area contributed by atoms with Crippen LogP contribution in [0.15, 0.2) is 36.5 Å². The Labute approximate surface area is 131 Å². The number of aromatic nitrogens is 1. The molecule has 0 radical (unpaired) electrons. The molecule has 4 nitrogen and oxygen atoms in total. The zero-order valence-corrected chi connectivity index (χ0v) is 13.3. The Hall–Kier alpha value is -1.94. The summed E-state index contributed by atoms with van der Waals surface area (Å²) in [5.41, 5.74) is 2.48. The van der Waals surface area contributed by atoms with Crippen LogP contribution in [-0.2, 0) is 4.79 Å². The number of piperidine rings is 1. The fourth-order valence-electron chi connectivity index (χ4n) is 3.21. The molecule has 1 amide bonds. The molecule has 1 aliphatic heterocycles. The Morgan fingerprint density at radius 2 is 1.95 bits per heavy atom. The molecule has 1 aromatic heterocycles. The van der Waals surface area contributed by atoms with Crippen LogP contribution in [-0.4, -0.2) is 54.4 Å². The molecule has 3 rings (SSSR count). The van der Waals surface area contributed by atoms with E-state index in [2.05, 4.69) is 34.1 Å². The monoisotopic (exact) mass is 297 g/mol. The number of carbonyl (C=O) groups is 1. The van der Waals surface area contributed by atoms with Crippen molar-refractivity contribution in [2.45, 2.75) is 18.8 Å². The first-order valence-electron chi connectivity index (χ1n) is 7.91. The maximum absolute atomic E-state index is 11.8. The molecule has 0 saturated carbocycles. The first-order valence-corrected chi connectivity index (χ1v) is 7.91. The van der Waals surface area contributed by atoms with E-state index in [-0.39, 0.29) is 5.91 Å². The van der Waals surface area contributed by atoms with Gasteiger partial charge in [0, 0.05) is 25.7 Å². The average molecular weight is 297 g/mol. The highest BCUT2D eigenvalue weighted by atomic mass is 16.2. The Kier molecular flexibility index (Phi) is 4.39. The van der Waals surface area contributed by atoms with E-state index in [1.807, 2.05) is 26.4 Å². The molecule has 0 spiro atoms. The van der Waals surface area contributed by atoms with Crippen molar-refractivity contribution in [2.75, 3.05) is 33.7 Å². The molecule has 2 aromatic rings. The van der Waals surface area contributed by atoms with Crippen molar-refractivity contribution in [3.63, 3.8) is 0 Å². The number of rotatable bonds is 3. The lowest BCUT2D eigenvalue weighted by molar-refractivity contribution is -0.130. The van der Waals surface area contributed by atoms with Gasteiger partial charge < -0.3 is 4.90 Å². The van der Waals surface area contributed by atoms with Crippen LogP contribution in [0.1, 0.15) is 24.3 Å². The number of benzene rings is 1. The summed E-state index contributed by atoms with van der Waals surface area (Å²) in [5.74, 6) is 0.756. The minimum absolute atomic E-state index is 0.188. The largest absolute Gasteiger partial charge is 0.348 e. The first-order chi connectivity index (χ1) is 10.6. The molecule has 1 saturated heterocycles. The number of pyridine rings is 1. The van der Waals surface area contributed by atoms with Crippen molar-refractivity contribution in [1.82, 2.24) is 14.8 Å². The summed E-state index contributed by atoms with van der Waals surface area (Å²) < 4.78 is 0. The van der Waals surface area contributed by atoms with Crippen LogP contribution >= 0.6 is 0 Å². The fourth-order valence-corrected chi connectivity index (χ4v) is 3.21. The van der Waals surface area contributed by atoms with Crippen LogP contribution in [0.5, 0.6) is 0 Å². The average Bonchev–Trinajstić information content (AvgIpc) is 2.55. The second kappa shape index (κ2) is 6.44. The van der Waals surface area contributed by atoms with Crippen LogP contribution in [0, 0.1) is 0 Å². The SMILES string of the molecule is CN(C)C(=O)CN1CCC(c2ccnc3ccccc23)CC1. The van der Waals surface area contributed by atoms with Crippen LogP contribution in [0.25, 0.3) is 10.9 Å². The van der Waals surface area contributed by atoms with E-state index in [0.717, 1.165) is 31.4 Å². The van der Waals surface area contributed by atoms with E-state index >= 15 is 0 Å². The summed E-state index contributed by atoms with van der Waals surface area (Å²) in [6.07, 6.45) is 4.13. The molecule has 116 valence electrons. The van der Waals surface area contributed by atoms with Crippen LogP contribution in [0.2, 0.25) is 0 Å². The minimum Gasteiger partial charge on any atom is -0.348 e. The summed E-state index contributed by atoms with van der Waals surface area (Å²) in [4.78, 5) is 20.2. The number of amides is 1. The number of likely N-dealkylation sites (tertiary alicyclic amines) is 1. The summed E-state index contributed by atoms with van der Waals surface area (Å²) in [5, 5.41) is 1.27. The van der Waals surface area contributed by atoms with E-state index in [1.54, 1.807) is 4.90 Å². The summed E-state index contributed by atoms with van der Waals surface area (Å²) in [6, 6.07) is 10.5. The van der Waals surface area contributed by atoms with Crippen LogP contribution in [0.3, 0.4) is 0 Å². The Morgan fingerprint density at radius 3 is 2.68 bits per heavy atom. The van der Waals surface area contributed by atoms with Gasteiger partial charge in [-0.3, -0.25) is 14.7 Å². The number of nitrogens with zero attached hydrogens (tertiary/aromatic N) is 3. The molecule has 0 bridgehead atoms. The van der Waals surface area contributed by atoms with E-state index in [4.69, 9.17) is 0 Å². The van der Waals surface area contributed by atoms with Crippen molar-refractivity contribution >= 4 is 16.8 Å². The Balaban J connectivity index is 1.69. The van der Waals surface area contributed by atoms with Gasteiger partial charge in [0.15, 0.2) is 0 Å². The first kappa shape index (κ1) is 15.0. The second-order valence-electron chi connectivity index (χ2n) is 6.26. The quantitative estimate of drug-likeness (QED) is 0.873. The standard InChI is InChI=1S/C18H23N3O/c1-20(2)18(22)13-21-11-8-14(9-12-21)15-7-10-19-17-6-4-3-5-16(15)17/h3-7,10,14H,8-9,11-13H2,1-2H3. The predicted molar refractivity (Wildman–Crippen MR) is 88.9 cm³/mol. The van der Waals surface area contributed by atoms with Gasteiger partial charge in [-0.15, -0.1) is 0 Å². The molecule has 0 aliphatic carbocycles. The second-order valence-corrected chi connectivity index (χ2v) is 6.26. The predicted octanol–water partition coefficient (Wildman–Crippen LogP) is 2.50. The maximum Gasteiger partial charge on any atom is 0.236 e. The van der Waals surface area contributed by atoms with Crippen molar-refractivity contribution < 1.29 is 4.79 Å². The van der Waals surface area contributed by atoms with Gasteiger partial charge in [0.2, 0.25) is 5.91 Å². The van der Waals surface area contributed by atoms with E-state index in [0.29, 0.717) is 12.5 Å². The van der Waals surface area contributed by atoms with Crippen molar-refractivity contribution in [3.8, 4) is 0 Å². The lowest BCUT2D eigenvalue weighted by atomic mass is 9.87. The number of likely N-dealkylation sites (N-methyl/N-ethyl adjacent to an activating group) is 1. The molecule has 0 atom stereocenters. The van der Waals surface area contributed by atoms with Crippen LogP contribution < -0.4 is 0 Å². The summed E-state index contributed by atoms with van der Waals surface area (Å²) >= 11 is 0. The highest BCUT2D eigenvalue weighted by Gasteiger charge is 2.23. The summed E-state index contributed by atoms with van der Waals surface area (Å²) in [7, 11) is 3.64. The van der Waals surface area contributed by atoms with Gasteiger partial charge in [-0.25, -0.2) is 0 Å². The number of hydrogen-bond acceptors (Lipinski definition) is 3. The number of fused-ring (bicyclic) bond motifs is 1. The number of carbonyl (C=O) groups excluding carboxylic acids is 1. The Morgan fingerprint density at radius 1 is 1.23 bits per heavy atom. The van der Waals surface area contributed by atoms with Gasteiger partial charge in [0.05, 0.1) is 12.1 Å². The molecule has 2 heterocycles. The summed E-state index contributed by atoms with van der Waals surface area (Å²) in [6.45, 7) is 2.51. The van der Waals surface area contributed by atoms with Gasteiger partial charge in [-0.1, -0.05) is 18.2 Å². The van der Waals surface area contributed by atoms with Gasteiger partial charge in [-0.05, 0) is 49.5 Å². The highest BCUT2D eigenvalue weighted by molar-refractivity contribution is 5.82. The van der Waals surface area contributed by atoms with Gasteiger partial charge >= 0.3 is 0 Å². The zero-order valence-electron chi connectivity index (χ0n) is 13.3. The maximum atomic E-state index is 11.8. The zero-order chi connectivity index (χ0) is 15.5. The molecule has 0 unspecified atom stereocenters. The third kappa shape index (κ3) is 3.12. The van der Waals surface area contributed by atoms with E-state index < -0.39 is 0 Å². The normalized spacial score (nSPS) is 16.8. The lowest BCUT2D eigenvalue weighted by Crippen LogP contribution is -2.40. The lowest BCUT2D eigenvalue weighted by Gasteiger charge is -2.32. The highest BCUT2D eigenvalue weighted by Crippen LogP contribution is 2.32. The number of hydrogen-bond donors (Lipinski definition) is 0. The smallest absolute Gasteiger partial charge is 0.236 e.